The van der Waals surface area contributed by atoms with Crippen molar-refractivity contribution in [3.05, 3.63) is 11.6 Å². The lowest BCUT2D eigenvalue weighted by molar-refractivity contribution is 0.0319. The summed E-state index contributed by atoms with van der Waals surface area (Å²) in [5, 5.41) is 0. The third kappa shape index (κ3) is 5.24. The maximum absolute atomic E-state index is 6.03. The van der Waals surface area contributed by atoms with Crippen molar-refractivity contribution in [1.29, 1.82) is 0 Å². The van der Waals surface area contributed by atoms with Gasteiger partial charge < -0.3 is 20.1 Å². The van der Waals surface area contributed by atoms with Crippen LogP contribution in [-0.4, -0.2) is 62.4 Å². The van der Waals surface area contributed by atoms with E-state index in [2.05, 4.69) is 35.6 Å². The second-order valence-corrected chi connectivity index (χ2v) is 6.29. The van der Waals surface area contributed by atoms with E-state index in [0.29, 0.717) is 18.3 Å². The highest BCUT2D eigenvalue weighted by atomic mass is 16.5. The lowest BCUT2D eigenvalue weighted by atomic mass is 10.2. The third-order valence-corrected chi connectivity index (χ3v) is 4.30. The minimum atomic E-state index is 0.522. The van der Waals surface area contributed by atoms with Gasteiger partial charge in [-0.2, -0.15) is 4.98 Å². The molecule has 0 aromatic carbocycles. The highest BCUT2D eigenvalue weighted by Gasteiger charge is 2.15. The van der Waals surface area contributed by atoms with E-state index in [9.17, 15) is 0 Å². The van der Waals surface area contributed by atoms with Gasteiger partial charge in [0.1, 0.15) is 12.4 Å². The summed E-state index contributed by atoms with van der Waals surface area (Å²) in [6, 6.07) is 1.97. The molecule has 2 N–H and O–H groups in total. The summed E-state index contributed by atoms with van der Waals surface area (Å²) in [5.74, 6) is 1.18. The Bertz CT molecular complexity index is 498. The van der Waals surface area contributed by atoms with Crippen molar-refractivity contribution in [2.45, 2.75) is 33.6 Å². The zero-order valence-corrected chi connectivity index (χ0v) is 15.4. The quantitative estimate of drug-likeness (QED) is 0.746. The van der Waals surface area contributed by atoms with Crippen LogP contribution in [0.25, 0.3) is 0 Å². The van der Waals surface area contributed by atoms with Crippen LogP contribution in [0.5, 0.6) is 5.88 Å². The van der Waals surface area contributed by atoms with Gasteiger partial charge in [0.2, 0.25) is 5.88 Å². The van der Waals surface area contributed by atoms with E-state index in [-0.39, 0.29) is 0 Å². The molecule has 0 unspecified atom stereocenters. The molecule has 0 spiro atoms. The van der Waals surface area contributed by atoms with E-state index < -0.39 is 0 Å². The fourth-order valence-electron chi connectivity index (χ4n) is 3.05. The molecule has 24 heavy (non-hydrogen) atoms. The first kappa shape index (κ1) is 18.8. The standard InChI is InChI=1S/C18H32N4O2/c1-4-6-22(7-5-2)16-14-17(19)20-18(15(16)3)24-13-10-21-8-11-23-12-9-21/h14H,4-13H2,1-3H3,(H2,19,20). The van der Waals surface area contributed by atoms with E-state index >= 15 is 0 Å². The zero-order valence-electron chi connectivity index (χ0n) is 15.4. The lowest BCUT2D eigenvalue weighted by Gasteiger charge is -2.28. The van der Waals surface area contributed by atoms with Gasteiger partial charge in [-0.3, -0.25) is 4.90 Å². The fourth-order valence-corrected chi connectivity index (χ4v) is 3.05. The second kappa shape index (κ2) is 9.69. The topological polar surface area (TPSA) is 63.8 Å². The molecule has 2 heterocycles. The largest absolute Gasteiger partial charge is 0.476 e. The van der Waals surface area contributed by atoms with Crippen LogP contribution < -0.4 is 15.4 Å². The van der Waals surface area contributed by atoms with Crippen LogP contribution >= 0.6 is 0 Å². The number of morpholine rings is 1. The fraction of sp³-hybridized carbons (Fsp3) is 0.722. The predicted molar refractivity (Wildman–Crippen MR) is 98.9 cm³/mol. The van der Waals surface area contributed by atoms with Crippen molar-refractivity contribution < 1.29 is 9.47 Å². The molecule has 1 aromatic heterocycles. The Morgan fingerprint density at radius 1 is 1.25 bits per heavy atom. The molecule has 0 saturated carbocycles. The van der Waals surface area contributed by atoms with Gasteiger partial charge in [0, 0.05) is 50.0 Å². The molecule has 1 fully saturated rings. The number of anilines is 2. The van der Waals surface area contributed by atoms with E-state index in [1.807, 2.05) is 6.07 Å². The van der Waals surface area contributed by atoms with Crippen molar-refractivity contribution >= 4 is 11.5 Å². The van der Waals surface area contributed by atoms with Crippen LogP contribution in [0, 0.1) is 6.92 Å². The number of pyridine rings is 1. The predicted octanol–water partition coefficient (Wildman–Crippen LogP) is 2.31. The lowest BCUT2D eigenvalue weighted by Crippen LogP contribution is -2.38. The second-order valence-electron chi connectivity index (χ2n) is 6.29. The molecule has 0 atom stereocenters. The molecular weight excluding hydrogens is 304 g/mol. The monoisotopic (exact) mass is 336 g/mol. The number of rotatable bonds is 9. The highest BCUT2D eigenvalue weighted by molar-refractivity contribution is 5.61. The van der Waals surface area contributed by atoms with Crippen molar-refractivity contribution in [3.63, 3.8) is 0 Å². The van der Waals surface area contributed by atoms with Gasteiger partial charge in [-0.15, -0.1) is 0 Å². The van der Waals surface area contributed by atoms with Gasteiger partial charge in [-0.25, -0.2) is 0 Å². The van der Waals surface area contributed by atoms with Crippen LogP contribution in [0.3, 0.4) is 0 Å². The SMILES string of the molecule is CCCN(CCC)c1cc(N)nc(OCCN2CCOCC2)c1C. The number of nitrogens with two attached hydrogens (primary N) is 1. The third-order valence-electron chi connectivity index (χ3n) is 4.30. The van der Waals surface area contributed by atoms with Crippen molar-refractivity contribution in [3.8, 4) is 5.88 Å². The van der Waals surface area contributed by atoms with E-state index in [4.69, 9.17) is 15.2 Å². The molecule has 0 aliphatic carbocycles. The summed E-state index contributed by atoms with van der Waals surface area (Å²) in [4.78, 5) is 9.14. The molecule has 136 valence electrons. The summed E-state index contributed by atoms with van der Waals surface area (Å²) in [6.45, 7) is 13.6. The van der Waals surface area contributed by atoms with Crippen molar-refractivity contribution in [2.75, 3.05) is 63.2 Å². The van der Waals surface area contributed by atoms with Crippen molar-refractivity contribution in [2.24, 2.45) is 0 Å². The molecule has 0 radical (unpaired) electrons. The van der Waals surface area contributed by atoms with Gasteiger partial charge in [0.15, 0.2) is 0 Å². The van der Waals surface area contributed by atoms with Crippen LogP contribution in [0.1, 0.15) is 32.3 Å². The van der Waals surface area contributed by atoms with Gasteiger partial charge >= 0.3 is 0 Å². The molecular formula is C18H32N4O2. The number of hydrogen-bond donors (Lipinski definition) is 1. The van der Waals surface area contributed by atoms with E-state index in [1.165, 1.54) is 0 Å². The summed E-state index contributed by atoms with van der Waals surface area (Å²) in [7, 11) is 0. The van der Waals surface area contributed by atoms with Crippen LogP contribution in [0.4, 0.5) is 11.5 Å². The summed E-state index contributed by atoms with van der Waals surface area (Å²) in [5.41, 5.74) is 8.25. The number of aromatic nitrogens is 1. The van der Waals surface area contributed by atoms with Gasteiger partial charge in [-0.1, -0.05) is 13.8 Å². The molecule has 6 nitrogen and oxygen atoms in total. The van der Waals surface area contributed by atoms with Gasteiger partial charge in [-0.05, 0) is 19.8 Å². The molecule has 0 amide bonds. The first-order chi connectivity index (χ1) is 11.7. The number of nitrogen functional groups attached to an aromatic ring is 1. The normalized spacial score (nSPS) is 15.5. The number of hydrogen-bond acceptors (Lipinski definition) is 6. The molecule has 1 aromatic rings. The molecule has 0 bridgehead atoms. The van der Waals surface area contributed by atoms with E-state index in [1.54, 1.807) is 0 Å². The van der Waals surface area contributed by atoms with Crippen LogP contribution in [0.15, 0.2) is 6.07 Å². The zero-order chi connectivity index (χ0) is 17.4. The summed E-state index contributed by atoms with van der Waals surface area (Å²) < 4.78 is 11.3. The van der Waals surface area contributed by atoms with Crippen molar-refractivity contribution in [1.82, 2.24) is 9.88 Å². The highest BCUT2D eigenvalue weighted by Crippen LogP contribution is 2.29. The summed E-state index contributed by atoms with van der Waals surface area (Å²) >= 11 is 0. The Balaban J connectivity index is 2.03. The Morgan fingerprint density at radius 2 is 1.92 bits per heavy atom. The smallest absolute Gasteiger partial charge is 0.220 e. The maximum atomic E-state index is 6.03. The van der Waals surface area contributed by atoms with Gasteiger partial charge in [0.05, 0.1) is 13.2 Å². The minimum absolute atomic E-state index is 0.522. The first-order valence-electron chi connectivity index (χ1n) is 9.10. The summed E-state index contributed by atoms with van der Waals surface area (Å²) in [6.07, 6.45) is 2.21. The van der Waals surface area contributed by atoms with E-state index in [0.717, 1.165) is 70.0 Å². The maximum Gasteiger partial charge on any atom is 0.220 e. The molecule has 2 rings (SSSR count). The Labute approximate surface area is 145 Å². The Hall–Kier alpha value is -1.53. The number of ether oxygens (including phenoxy) is 2. The minimum Gasteiger partial charge on any atom is -0.476 e. The number of nitrogens with zero attached hydrogens (tertiary/aromatic N) is 3. The molecule has 1 aliphatic heterocycles. The first-order valence-corrected chi connectivity index (χ1v) is 9.10. The average Bonchev–Trinajstić information content (AvgIpc) is 2.58. The van der Waals surface area contributed by atoms with Gasteiger partial charge in [0.25, 0.3) is 0 Å². The Kier molecular flexibility index (Phi) is 7.59. The molecule has 1 aliphatic rings. The van der Waals surface area contributed by atoms with Crippen LogP contribution in [-0.2, 0) is 4.74 Å². The van der Waals surface area contributed by atoms with Crippen LogP contribution in [0.2, 0.25) is 0 Å². The Morgan fingerprint density at radius 3 is 2.54 bits per heavy atom. The molecule has 6 heteroatoms. The average molecular weight is 336 g/mol. The molecule has 1 saturated heterocycles.